The van der Waals surface area contributed by atoms with Crippen molar-refractivity contribution in [3.63, 3.8) is 0 Å². The van der Waals surface area contributed by atoms with E-state index in [2.05, 4.69) is 0 Å². The fourth-order valence-corrected chi connectivity index (χ4v) is 1.71. The number of likely N-dealkylation sites (tertiary alicyclic amines) is 1. The molecule has 0 spiro atoms. The number of aliphatic carboxylic acids is 1. The summed E-state index contributed by atoms with van der Waals surface area (Å²) in [4.78, 5) is 23.8. The van der Waals surface area contributed by atoms with Crippen LogP contribution in [0.5, 0.6) is 0 Å². The summed E-state index contributed by atoms with van der Waals surface area (Å²) in [5, 5.41) is 8.94. The fraction of sp³-hybridized carbons (Fsp3) is 0.778. The third kappa shape index (κ3) is 2.45. The van der Waals surface area contributed by atoms with Crippen LogP contribution in [0.3, 0.4) is 0 Å². The van der Waals surface area contributed by atoms with Crippen LogP contribution in [0.15, 0.2) is 0 Å². The Kier molecular flexibility index (Phi) is 3.65. The number of carboxylic acid groups (broad SMARTS) is 1. The van der Waals surface area contributed by atoms with E-state index < -0.39 is 18.1 Å². The zero-order chi connectivity index (χ0) is 11.6. The van der Waals surface area contributed by atoms with Crippen molar-refractivity contribution in [1.29, 1.82) is 0 Å². The summed E-state index contributed by atoms with van der Waals surface area (Å²) in [7, 11) is 1.50. The van der Waals surface area contributed by atoms with Gasteiger partial charge in [-0.1, -0.05) is 0 Å². The first kappa shape index (κ1) is 11.9. The van der Waals surface area contributed by atoms with Crippen molar-refractivity contribution in [2.24, 2.45) is 5.73 Å². The Hall–Kier alpha value is -1.14. The highest BCUT2D eigenvalue weighted by Gasteiger charge is 2.40. The quantitative estimate of drug-likeness (QED) is 0.633. The number of nitrogens with zero attached hydrogens (tertiary/aromatic N) is 1. The number of carboxylic acids is 1. The van der Waals surface area contributed by atoms with Crippen molar-refractivity contribution >= 4 is 11.9 Å². The zero-order valence-corrected chi connectivity index (χ0v) is 8.84. The molecule has 3 N–H and O–H groups in total. The number of nitrogens with two attached hydrogens (primary N) is 1. The van der Waals surface area contributed by atoms with E-state index in [0.717, 1.165) is 0 Å². The van der Waals surface area contributed by atoms with Gasteiger partial charge in [-0.2, -0.15) is 0 Å². The molecule has 1 aliphatic heterocycles. The molecule has 1 fully saturated rings. The third-order valence-electron chi connectivity index (χ3n) is 2.55. The number of ether oxygens (including phenoxy) is 1. The Labute approximate surface area is 88.0 Å². The molecular formula is C9H16N2O4. The molecule has 0 aromatic heterocycles. The number of hydrogen-bond acceptors (Lipinski definition) is 4. The number of amides is 1. The second-order valence-electron chi connectivity index (χ2n) is 3.73. The van der Waals surface area contributed by atoms with Crippen LogP contribution in [0.25, 0.3) is 0 Å². The molecular weight excluding hydrogens is 200 g/mol. The number of carbonyl (C=O) groups excluding carboxylic acids is 1. The third-order valence-corrected chi connectivity index (χ3v) is 2.55. The summed E-state index contributed by atoms with van der Waals surface area (Å²) in [5.41, 5.74) is 5.44. The second kappa shape index (κ2) is 4.59. The van der Waals surface area contributed by atoms with E-state index in [0.29, 0.717) is 13.0 Å². The van der Waals surface area contributed by atoms with Crippen molar-refractivity contribution in [2.45, 2.75) is 31.5 Å². The predicted molar refractivity (Wildman–Crippen MR) is 52.2 cm³/mol. The molecule has 0 saturated carbocycles. The monoisotopic (exact) mass is 216 g/mol. The highest BCUT2D eigenvalue weighted by atomic mass is 16.5. The van der Waals surface area contributed by atoms with Gasteiger partial charge in [0.15, 0.2) is 0 Å². The van der Waals surface area contributed by atoms with Crippen LogP contribution < -0.4 is 5.73 Å². The molecule has 0 aromatic rings. The zero-order valence-electron chi connectivity index (χ0n) is 8.84. The molecule has 6 nitrogen and oxygen atoms in total. The average molecular weight is 216 g/mol. The second-order valence-corrected chi connectivity index (χ2v) is 3.73. The topological polar surface area (TPSA) is 92.9 Å². The van der Waals surface area contributed by atoms with E-state index in [1.807, 2.05) is 0 Å². The Bertz CT molecular complexity index is 267. The lowest BCUT2D eigenvalue weighted by molar-refractivity contribution is -0.148. The molecule has 1 aliphatic rings. The fourth-order valence-electron chi connectivity index (χ4n) is 1.71. The standard InChI is InChI=1S/C9H16N2O4/c1-5(10)8(12)11-4-6(15-2)3-7(11)9(13)14/h5-7H,3-4,10H2,1-2H3,(H,13,14)/t5-,6?,7?/m1/s1. The summed E-state index contributed by atoms with van der Waals surface area (Å²) < 4.78 is 5.05. The SMILES string of the molecule is COC1CC(C(=O)O)N(C(=O)[C@@H](C)N)C1. The summed E-state index contributed by atoms with van der Waals surface area (Å²) >= 11 is 0. The van der Waals surface area contributed by atoms with Crippen molar-refractivity contribution in [3.05, 3.63) is 0 Å². The normalized spacial score (nSPS) is 27.8. The van der Waals surface area contributed by atoms with Gasteiger partial charge in [0.05, 0.1) is 12.1 Å². The Morgan fingerprint density at radius 2 is 2.20 bits per heavy atom. The van der Waals surface area contributed by atoms with E-state index in [4.69, 9.17) is 15.6 Å². The first-order chi connectivity index (χ1) is 6.97. The van der Waals surface area contributed by atoms with Gasteiger partial charge in [0.1, 0.15) is 6.04 Å². The number of hydrogen-bond donors (Lipinski definition) is 2. The molecule has 86 valence electrons. The van der Waals surface area contributed by atoms with Crippen molar-refractivity contribution < 1.29 is 19.4 Å². The van der Waals surface area contributed by atoms with E-state index in [9.17, 15) is 9.59 Å². The van der Waals surface area contributed by atoms with Gasteiger partial charge in [-0.25, -0.2) is 4.79 Å². The van der Waals surface area contributed by atoms with Crippen LogP contribution in [-0.2, 0) is 14.3 Å². The molecule has 0 bridgehead atoms. The van der Waals surface area contributed by atoms with Crippen molar-refractivity contribution in [3.8, 4) is 0 Å². The molecule has 1 rings (SSSR count). The van der Waals surface area contributed by atoms with Gasteiger partial charge < -0.3 is 20.5 Å². The molecule has 0 aromatic carbocycles. The van der Waals surface area contributed by atoms with Gasteiger partial charge in [-0.15, -0.1) is 0 Å². The van der Waals surface area contributed by atoms with E-state index in [1.165, 1.54) is 12.0 Å². The molecule has 1 heterocycles. The molecule has 3 atom stereocenters. The van der Waals surface area contributed by atoms with Gasteiger partial charge in [-0.05, 0) is 6.92 Å². The molecule has 15 heavy (non-hydrogen) atoms. The number of rotatable bonds is 3. The van der Waals surface area contributed by atoms with E-state index in [-0.39, 0.29) is 12.0 Å². The maximum absolute atomic E-state index is 11.6. The van der Waals surface area contributed by atoms with Crippen molar-refractivity contribution in [1.82, 2.24) is 4.90 Å². The maximum Gasteiger partial charge on any atom is 0.326 e. The molecule has 0 aliphatic carbocycles. The van der Waals surface area contributed by atoms with Crippen LogP contribution in [0, 0.1) is 0 Å². The first-order valence-corrected chi connectivity index (χ1v) is 4.79. The Morgan fingerprint density at radius 3 is 2.60 bits per heavy atom. The summed E-state index contributed by atoms with van der Waals surface area (Å²) in [6, 6.07) is -1.49. The lowest BCUT2D eigenvalue weighted by Gasteiger charge is -2.22. The van der Waals surface area contributed by atoms with Gasteiger partial charge >= 0.3 is 5.97 Å². The highest BCUT2D eigenvalue weighted by molar-refractivity contribution is 5.87. The van der Waals surface area contributed by atoms with Crippen LogP contribution in [0.4, 0.5) is 0 Å². The summed E-state index contributed by atoms with van der Waals surface area (Å²) in [6.07, 6.45) is 0.110. The van der Waals surface area contributed by atoms with Crippen LogP contribution in [0.2, 0.25) is 0 Å². The van der Waals surface area contributed by atoms with Crippen LogP contribution >= 0.6 is 0 Å². The van der Waals surface area contributed by atoms with Crippen molar-refractivity contribution in [2.75, 3.05) is 13.7 Å². The van der Waals surface area contributed by atoms with E-state index in [1.54, 1.807) is 6.92 Å². The van der Waals surface area contributed by atoms with Gasteiger partial charge in [-0.3, -0.25) is 4.79 Å². The van der Waals surface area contributed by atoms with Gasteiger partial charge in [0.2, 0.25) is 5.91 Å². The maximum atomic E-state index is 11.6. The minimum atomic E-state index is -1.01. The van der Waals surface area contributed by atoms with Crippen LogP contribution in [0.1, 0.15) is 13.3 Å². The number of methoxy groups -OCH3 is 1. The number of carbonyl (C=O) groups is 2. The van der Waals surface area contributed by atoms with Gasteiger partial charge in [0, 0.05) is 20.1 Å². The minimum absolute atomic E-state index is 0.214. The minimum Gasteiger partial charge on any atom is -0.480 e. The molecule has 1 saturated heterocycles. The molecule has 2 unspecified atom stereocenters. The summed E-state index contributed by atoms with van der Waals surface area (Å²) in [5.74, 6) is -1.36. The Morgan fingerprint density at radius 1 is 1.60 bits per heavy atom. The largest absolute Gasteiger partial charge is 0.480 e. The molecule has 1 amide bonds. The predicted octanol–water partition coefficient (Wildman–Crippen LogP) is -0.966. The molecule has 6 heteroatoms. The lowest BCUT2D eigenvalue weighted by atomic mass is 10.2. The lowest BCUT2D eigenvalue weighted by Crippen LogP contribution is -2.47. The van der Waals surface area contributed by atoms with Gasteiger partial charge in [0.25, 0.3) is 0 Å². The van der Waals surface area contributed by atoms with E-state index >= 15 is 0 Å². The highest BCUT2D eigenvalue weighted by Crippen LogP contribution is 2.20. The smallest absolute Gasteiger partial charge is 0.326 e. The first-order valence-electron chi connectivity index (χ1n) is 4.79. The Balaban J connectivity index is 2.77. The average Bonchev–Trinajstić information content (AvgIpc) is 2.60. The van der Waals surface area contributed by atoms with Crippen LogP contribution in [-0.4, -0.2) is 53.7 Å². The molecule has 0 radical (unpaired) electrons. The summed E-state index contributed by atoms with van der Waals surface area (Å²) in [6.45, 7) is 1.84.